The second-order valence-electron chi connectivity index (χ2n) is 7.32. The number of carbonyl (C=O) groups is 1. The summed E-state index contributed by atoms with van der Waals surface area (Å²) in [5, 5.41) is 0. The molecular weight excluding hydrogens is 302 g/mol. The Bertz CT molecular complexity index is 826. The summed E-state index contributed by atoms with van der Waals surface area (Å²) < 4.78 is 11.0. The lowest BCUT2D eigenvalue weighted by Crippen LogP contribution is -2.25. The molecular formula is C20H21NO3. The summed E-state index contributed by atoms with van der Waals surface area (Å²) in [6.45, 7) is 4.98. The Morgan fingerprint density at radius 2 is 1.88 bits per heavy atom. The molecule has 0 radical (unpaired) electrons. The first-order chi connectivity index (χ1) is 11.4. The highest BCUT2D eigenvalue weighted by molar-refractivity contribution is 5.69. The fourth-order valence-corrected chi connectivity index (χ4v) is 3.90. The Kier molecular flexibility index (Phi) is 3.30. The maximum atomic E-state index is 11.2. The monoisotopic (exact) mass is 323 g/mol. The number of carbonyl (C=O) groups excluding carboxylic acids is 1. The highest BCUT2D eigenvalue weighted by Gasteiger charge is 2.41. The van der Waals surface area contributed by atoms with E-state index in [0.717, 1.165) is 30.8 Å². The van der Waals surface area contributed by atoms with Gasteiger partial charge in [0.05, 0.1) is 6.61 Å². The number of nitrogens with two attached hydrogens (primary N) is 1. The molecule has 2 aromatic rings. The SMILES string of the molecule is CC1(C)Cc2cc(-c3ccc4c(c3)CCO4)ccc2C1OC(N)=O. The second-order valence-corrected chi connectivity index (χ2v) is 7.32. The summed E-state index contributed by atoms with van der Waals surface area (Å²) in [6, 6.07) is 12.7. The zero-order valence-electron chi connectivity index (χ0n) is 14.0. The average Bonchev–Trinajstić information content (AvgIpc) is 3.08. The van der Waals surface area contributed by atoms with Crippen molar-refractivity contribution in [3.63, 3.8) is 0 Å². The molecule has 1 unspecified atom stereocenters. The van der Waals surface area contributed by atoms with Crippen molar-refractivity contribution < 1.29 is 14.3 Å². The van der Waals surface area contributed by atoms with E-state index in [1.165, 1.54) is 22.3 Å². The number of primary amides is 1. The minimum atomic E-state index is -0.719. The zero-order chi connectivity index (χ0) is 16.9. The number of benzene rings is 2. The van der Waals surface area contributed by atoms with Crippen LogP contribution in [0.2, 0.25) is 0 Å². The van der Waals surface area contributed by atoms with E-state index in [1.807, 2.05) is 6.07 Å². The lowest BCUT2D eigenvalue weighted by Gasteiger charge is -2.26. The highest BCUT2D eigenvalue weighted by Crippen LogP contribution is 2.48. The topological polar surface area (TPSA) is 61.6 Å². The standard InChI is InChI=1S/C20H21NO3/c1-20(2)11-15-10-12(3-5-16(15)18(20)24-19(21)22)13-4-6-17-14(9-13)7-8-23-17/h3-6,9-10,18H,7-8,11H2,1-2H3,(H2,21,22). The maximum absolute atomic E-state index is 11.2. The summed E-state index contributed by atoms with van der Waals surface area (Å²) in [5.41, 5.74) is 11.0. The summed E-state index contributed by atoms with van der Waals surface area (Å²) in [7, 11) is 0. The molecule has 2 N–H and O–H groups in total. The number of amides is 1. The predicted octanol–water partition coefficient (Wildman–Crippen LogP) is 4.01. The van der Waals surface area contributed by atoms with Gasteiger partial charge in [-0.15, -0.1) is 0 Å². The smallest absolute Gasteiger partial charge is 0.405 e. The molecule has 0 fully saturated rings. The molecule has 1 aliphatic carbocycles. The molecule has 1 amide bonds. The van der Waals surface area contributed by atoms with Crippen molar-refractivity contribution in [2.45, 2.75) is 32.8 Å². The number of hydrogen-bond donors (Lipinski definition) is 1. The Labute approximate surface area is 141 Å². The van der Waals surface area contributed by atoms with Crippen LogP contribution in [0.4, 0.5) is 4.79 Å². The van der Waals surface area contributed by atoms with Crippen LogP contribution in [0.15, 0.2) is 36.4 Å². The van der Waals surface area contributed by atoms with E-state index in [9.17, 15) is 4.79 Å². The van der Waals surface area contributed by atoms with Gasteiger partial charge in [0, 0.05) is 11.8 Å². The molecule has 4 heteroatoms. The highest BCUT2D eigenvalue weighted by atomic mass is 16.6. The summed E-state index contributed by atoms with van der Waals surface area (Å²) in [5.74, 6) is 0.996. The molecule has 24 heavy (non-hydrogen) atoms. The third-order valence-corrected chi connectivity index (χ3v) is 5.04. The Morgan fingerprint density at radius 3 is 2.62 bits per heavy atom. The molecule has 0 saturated heterocycles. The van der Waals surface area contributed by atoms with Crippen LogP contribution in [0.3, 0.4) is 0 Å². The summed E-state index contributed by atoms with van der Waals surface area (Å²) in [4.78, 5) is 11.2. The molecule has 124 valence electrons. The van der Waals surface area contributed by atoms with Crippen LogP contribution >= 0.6 is 0 Å². The molecule has 4 rings (SSSR count). The first-order valence-corrected chi connectivity index (χ1v) is 8.29. The van der Waals surface area contributed by atoms with Gasteiger partial charge >= 0.3 is 6.09 Å². The van der Waals surface area contributed by atoms with Gasteiger partial charge in [-0.05, 0) is 46.4 Å². The first kappa shape index (κ1) is 15.1. The van der Waals surface area contributed by atoms with E-state index in [4.69, 9.17) is 15.2 Å². The molecule has 4 nitrogen and oxygen atoms in total. The quantitative estimate of drug-likeness (QED) is 0.908. The van der Waals surface area contributed by atoms with Crippen LogP contribution < -0.4 is 10.5 Å². The van der Waals surface area contributed by atoms with Gasteiger partial charge in [-0.25, -0.2) is 4.79 Å². The Balaban J connectivity index is 1.71. The van der Waals surface area contributed by atoms with Crippen molar-refractivity contribution in [1.29, 1.82) is 0 Å². The molecule has 1 aliphatic heterocycles. The van der Waals surface area contributed by atoms with Gasteiger partial charge in [-0.1, -0.05) is 38.1 Å². The molecule has 0 saturated carbocycles. The average molecular weight is 323 g/mol. The summed E-state index contributed by atoms with van der Waals surface area (Å²) in [6.07, 6.45) is 0.828. The van der Waals surface area contributed by atoms with Gasteiger partial charge in [0.2, 0.25) is 0 Å². The maximum Gasteiger partial charge on any atom is 0.405 e. The van der Waals surface area contributed by atoms with Crippen LogP contribution in [0.1, 0.15) is 36.6 Å². The van der Waals surface area contributed by atoms with Crippen molar-refractivity contribution in [3.8, 4) is 16.9 Å². The number of ether oxygens (including phenoxy) is 2. The van der Waals surface area contributed by atoms with Gasteiger partial charge < -0.3 is 15.2 Å². The van der Waals surface area contributed by atoms with Gasteiger partial charge in [0.1, 0.15) is 11.9 Å². The fourth-order valence-electron chi connectivity index (χ4n) is 3.90. The molecule has 2 aliphatic rings. The minimum absolute atomic E-state index is 0.151. The number of rotatable bonds is 2. The molecule has 2 aromatic carbocycles. The molecule has 0 spiro atoms. The van der Waals surface area contributed by atoms with Crippen molar-refractivity contribution in [2.24, 2.45) is 11.1 Å². The molecule has 1 heterocycles. The van der Waals surface area contributed by atoms with E-state index >= 15 is 0 Å². The lowest BCUT2D eigenvalue weighted by atomic mass is 9.87. The third kappa shape index (κ3) is 2.42. The Hall–Kier alpha value is -2.49. The zero-order valence-corrected chi connectivity index (χ0v) is 14.0. The van der Waals surface area contributed by atoms with E-state index in [0.29, 0.717) is 0 Å². The van der Waals surface area contributed by atoms with Crippen LogP contribution in [-0.2, 0) is 17.6 Å². The van der Waals surface area contributed by atoms with E-state index in [2.05, 4.69) is 44.2 Å². The van der Waals surface area contributed by atoms with Crippen LogP contribution in [0.5, 0.6) is 5.75 Å². The molecule has 0 aromatic heterocycles. The van der Waals surface area contributed by atoms with Crippen molar-refractivity contribution in [3.05, 3.63) is 53.1 Å². The van der Waals surface area contributed by atoms with Crippen LogP contribution in [0.25, 0.3) is 11.1 Å². The van der Waals surface area contributed by atoms with E-state index in [-0.39, 0.29) is 11.5 Å². The normalized spacial score (nSPS) is 20.2. The van der Waals surface area contributed by atoms with Crippen molar-refractivity contribution in [1.82, 2.24) is 0 Å². The first-order valence-electron chi connectivity index (χ1n) is 8.29. The number of hydrogen-bond acceptors (Lipinski definition) is 3. The van der Waals surface area contributed by atoms with E-state index in [1.54, 1.807) is 0 Å². The van der Waals surface area contributed by atoms with Crippen molar-refractivity contribution in [2.75, 3.05) is 6.61 Å². The third-order valence-electron chi connectivity index (χ3n) is 5.04. The largest absolute Gasteiger partial charge is 0.493 e. The van der Waals surface area contributed by atoms with Gasteiger partial charge in [-0.3, -0.25) is 0 Å². The summed E-state index contributed by atoms with van der Waals surface area (Å²) >= 11 is 0. The van der Waals surface area contributed by atoms with Gasteiger partial charge in [-0.2, -0.15) is 0 Å². The molecule has 1 atom stereocenters. The second kappa shape index (κ2) is 5.26. The van der Waals surface area contributed by atoms with Crippen LogP contribution in [0, 0.1) is 5.41 Å². The molecule has 0 bridgehead atoms. The van der Waals surface area contributed by atoms with Crippen LogP contribution in [-0.4, -0.2) is 12.7 Å². The fraction of sp³-hybridized carbons (Fsp3) is 0.350. The number of fused-ring (bicyclic) bond motifs is 2. The van der Waals surface area contributed by atoms with Gasteiger partial charge in [0.25, 0.3) is 0 Å². The lowest BCUT2D eigenvalue weighted by molar-refractivity contribution is 0.0392. The minimum Gasteiger partial charge on any atom is -0.493 e. The van der Waals surface area contributed by atoms with Gasteiger partial charge in [0.15, 0.2) is 0 Å². The van der Waals surface area contributed by atoms with Crippen molar-refractivity contribution >= 4 is 6.09 Å². The van der Waals surface area contributed by atoms with E-state index < -0.39 is 6.09 Å². The predicted molar refractivity (Wildman–Crippen MR) is 92.0 cm³/mol. The Morgan fingerprint density at radius 1 is 1.17 bits per heavy atom.